The van der Waals surface area contributed by atoms with Crippen LogP contribution in [0.3, 0.4) is 0 Å². The number of nitrogens with one attached hydrogen (secondary N) is 1. The molecule has 7 nitrogen and oxygen atoms in total. The fourth-order valence-corrected chi connectivity index (χ4v) is 3.58. The Bertz CT molecular complexity index is 998. The lowest BCUT2D eigenvalue weighted by molar-refractivity contribution is 0.0784. The Balaban J connectivity index is 1.48. The number of hydrogen-bond acceptors (Lipinski definition) is 6. The fraction of sp³-hybridized carbons (Fsp3) is 0.300. The first-order valence-corrected chi connectivity index (χ1v) is 9.29. The molecule has 8 heteroatoms. The second kappa shape index (κ2) is 7.59. The minimum atomic E-state index is -0.122. The summed E-state index contributed by atoms with van der Waals surface area (Å²) < 4.78 is 16.4. The first kappa shape index (κ1) is 18.4. The zero-order valence-corrected chi connectivity index (χ0v) is 16.3. The van der Waals surface area contributed by atoms with Crippen molar-refractivity contribution in [3.8, 4) is 11.5 Å². The topological polar surface area (TPSA) is 76.8 Å². The van der Waals surface area contributed by atoms with Gasteiger partial charge in [0.2, 0.25) is 0 Å². The Morgan fingerprint density at radius 3 is 2.71 bits per heavy atom. The number of likely N-dealkylation sites (tertiary alicyclic amines) is 1. The Kier molecular flexibility index (Phi) is 5.00. The molecule has 1 amide bonds. The number of carbonyl (C=O) groups is 1. The molecule has 28 heavy (non-hydrogen) atoms. The summed E-state index contributed by atoms with van der Waals surface area (Å²) in [4.78, 5) is 19.3. The molecule has 1 aliphatic heterocycles. The predicted octanol–water partition coefficient (Wildman–Crippen LogP) is 3.83. The van der Waals surface area contributed by atoms with Gasteiger partial charge >= 0.3 is 0 Å². The Morgan fingerprint density at radius 1 is 1.25 bits per heavy atom. The van der Waals surface area contributed by atoms with Crippen molar-refractivity contribution in [2.75, 3.05) is 32.6 Å². The molecule has 3 aromatic rings. The van der Waals surface area contributed by atoms with E-state index in [1.807, 2.05) is 6.07 Å². The van der Waals surface area contributed by atoms with E-state index in [0.717, 1.165) is 11.9 Å². The first-order valence-electron chi connectivity index (χ1n) is 8.92. The Morgan fingerprint density at radius 2 is 2.00 bits per heavy atom. The number of fused-ring (bicyclic) bond motifs is 1. The third kappa shape index (κ3) is 3.45. The van der Waals surface area contributed by atoms with Crippen molar-refractivity contribution in [1.29, 1.82) is 0 Å². The van der Waals surface area contributed by atoms with Crippen LogP contribution in [0.15, 0.2) is 40.8 Å². The summed E-state index contributed by atoms with van der Waals surface area (Å²) in [6, 6.07) is 11.1. The molecule has 0 bridgehead atoms. The second-order valence-corrected chi connectivity index (χ2v) is 6.99. The normalized spacial score (nSPS) is 16.4. The highest BCUT2D eigenvalue weighted by Crippen LogP contribution is 2.31. The molecule has 1 fully saturated rings. The SMILES string of the molecule is COc1cccc(OC)c1C(=O)N1CCC(Nc2nc3ccc(Cl)cc3o2)C1. The molecule has 2 heterocycles. The van der Waals surface area contributed by atoms with Crippen LogP contribution in [-0.2, 0) is 0 Å². The van der Waals surface area contributed by atoms with Crippen molar-refractivity contribution in [2.24, 2.45) is 0 Å². The van der Waals surface area contributed by atoms with Crippen LogP contribution in [0.1, 0.15) is 16.8 Å². The number of methoxy groups -OCH3 is 2. The summed E-state index contributed by atoms with van der Waals surface area (Å²) in [5, 5.41) is 3.86. The van der Waals surface area contributed by atoms with Crippen molar-refractivity contribution >= 4 is 34.6 Å². The van der Waals surface area contributed by atoms with E-state index in [0.29, 0.717) is 46.8 Å². The van der Waals surface area contributed by atoms with Gasteiger partial charge in [0, 0.05) is 30.2 Å². The summed E-state index contributed by atoms with van der Waals surface area (Å²) in [5.74, 6) is 0.871. The highest BCUT2D eigenvalue weighted by Gasteiger charge is 2.31. The summed E-state index contributed by atoms with van der Waals surface area (Å²) in [6.07, 6.45) is 0.780. The van der Waals surface area contributed by atoms with Gasteiger partial charge in [-0.2, -0.15) is 4.98 Å². The van der Waals surface area contributed by atoms with E-state index < -0.39 is 0 Å². The number of halogens is 1. The van der Waals surface area contributed by atoms with Crippen LogP contribution in [0.4, 0.5) is 6.01 Å². The van der Waals surface area contributed by atoms with Crippen molar-refractivity contribution in [1.82, 2.24) is 9.88 Å². The number of ether oxygens (including phenoxy) is 2. The van der Waals surface area contributed by atoms with Gasteiger partial charge in [0.15, 0.2) is 5.58 Å². The minimum absolute atomic E-state index is 0.0354. The highest BCUT2D eigenvalue weighted by atomic mass is 35.5. The fourth-order valence-electron chi connectivity index (χ4n) is 3.42. The van der Waals surface area contributed by atoms with Gasteiger partial charge in [-0.1, -0.05) is 17.7 Å². The van der Waals surface area contributed by atoms with Crippen LogP contribution in [0.5, 0.6) is 11.5 Å². The number of anilines is 1. The van der Waals surface area contributed by atoms with Gasteiger partial charge in [-0.15, -0.1) is 0 Å². The molecular weight excluding hydrogens is 382 g/mol. The Hall–Kier alpha value is -2.93. The molecule has 1 N–H and O–H groups in total. The molecule has 1 atom stereocenters. The smallest absolute Gasteiger partial charge is 0.295 e. The zero-order chi connectivity index (χ0) is 19.7. The summed E-state index contributed by atoms with van der Waals surface area (Å²) in [7, 11) is 3.08. The first-order chi connectivity index (χ1) is 13.6. The number of carbonyl (C=O) groups excluding carboxylic acids is 1. The Labute approximate surface area is 167 Å². The lowest BCUT2D eigenvalue weighted by Gasteiger charge is -2.20. The molecule has 4 rings (SSSR count). The molecular formula is C20H20ClN3O4. The van der Waals surface area contributed by atoms with Gasteiger partial charge in [0.05, 0.1) is 14.2 Å². The minimum Gasteiger partial charge on any atom is -0.496 e. The largest absolute Gasteiger partial charge is 0.496 e. The molecule has 0 aliphatic carbocycles. The van der Waals surface area contributed by atoms with Crippen LogP contribution in [-0.4, -0.2) is 49.1 Å². The molecule has 1 aromatic heterocycles. The molecule has 1 aliphatic rings. The van der Waals surface area contributed by atoms with Gasteiger partial charge < -0.3 is 24.1 Å². The number of oxazole rings is 1. The van der Waals surface area contributed by atoms with E-state index in [1.54, 1.807) is 49.5 Å². The van der Waals surface area contributed by atoms with E-state index in [1.165, 1.54) is 0 Å². The average Bonchev–Trinajstić information content (AvgIpc) is 3.33. The molecule has 1 saturated heterocycles. The molecule has 146 valence electrons. The van der Waals surface area contributed by atoms with Crippen LogP contribution in [0.25, 0.3) is 11.1 Å². The maximum Gasteiger partial charge on any atom is 0.295 e. The van der Waals surface area contributed by atoms with Crippen molar-refractivity contribution in [2.45, 2.75) is 12.5 Å². The van der Waals surface area contributed by atoms with E-state index >= 15 is 0 Å². The van der Waals surface area contributed by atoms with Gasteiger partial charge in [0.1, 0.15) is 22.6 Å². The average molecular weight is 402 g/mol. The van der Waals surface area contributed by atoms with Crippen LogP contribution in [0, 0.1) is 0 Å². The van der Waals surface area contributed by atoms with Gasteiger partial charge in [-0.25, -0.2) is 0 Å². The standard InChI is InChI=1S/C20H20ClN3O4/c1-26-15-4-3-5-16(27-2)18(15)19(25)24-9-8-13(11-24)22-20-23-14-7-6-12(21)10-17(14)28-20/h3-7,10,13H,8-9,11H2,1-2H3,(H,22,23). The number of nitrogens with zero attached hydrogens (tertiary/aromatic N) is 2. The third-order valence-electron chi connectivity index (χ3n) is 4.80. The second-order valence-electron chi connectivity index (χ2n) is 6.55. The molecule has 0 saturated carbocycles. The molecule has 2 aromatic carbocycles. The lowest BCUT2D eigenvalue weighted by atomic mass is 10.1. The monoisotopic (exact) mass is 401 g/mol. The van der Waals surface area contributed by atoms with E-state index in [-0.39, 0.29) is 11.9 Å². The highest BCUT2D eigenvalue weighted by molar-refractivity contribution is 6.31. The molecule has 1 unspecified atom stereocenters. The van der Waals surface area contributed by atoms with Crippen molar-refractivity contribution in [3.05, 3.63) is 47.0 Å². The van der Waals surface area contributed by atoms with E-state index in [2.05, 4.69) is 10.3 Å². The number of hydrogen-bond donors (Lipinski definition) is 1. The summed E-state index contributed by atoms with van der Waals surface area (Å²) in [6.45, 7) is 1.14. The number of amides is 1. The van der Waals surface area contributed by atoms with Gasteiger partial charge in [0.25, 0.3) is 11.9 Å². The zero-order valence-electron chi connectivity index (χ0n) is 15.6. The number of rotatable bonds is 5. The predicted molar refractivity (Wildman–Crippen MR) is 106 cm³/mol. The number of benzene rings is 2. The van der Waals surface area contributed by atoms with Crippen LogP contribution in [0.2, 0.25) is 5.02 Å². The lowest BCUT2D eigenvalue weighted by Crippen LogP contribution is -2.32. The third-order valence-corrected chi connectivity index (χ3v) is 5.03. The maximum absolute atomic E-state index is 13.1. The molecule has 0 radical (unpaired) electrons. The van der Waals surface area contributed by atoms with Gasteiger partial charge in [-0.05, 0) is 30.7 Å². The molecule has 0 spiro atoms. The van der Waals surface area contributed by atoms with E-state index in [9.17, 15) is 4.79 Å². The van der Waals surface area contributed by atoms with Crippen LogP contribution >= 0.6 is 11.6 Å². The van der Waals surface area contributed by atoms with Crippen molar-refractivity contribution < 1.29 is 18.7 Å². The maximum atomic E-state index is 13.1. The van der Waals surface area contributed by atoms with E-state index in [4.69, 9.17) is 25.5 Å². The van der Waals surface area contributed by atoms with Crippen molar-refractivity contribution in [3.63, 3.8) is 0 Å². The number of aromatic nitrogens is 1. The van der Waals surface area contributed by atoms with Crippen LogP contribution < -0.4 is 14.8 Å². The summed E-state index contributed by atoms with van der Waals surface area (Å²) in [5.41, 5.74) is 1.79. The van der Waals surface area contributed by atoms with Gasteiger partial charge in [-0.3, -0.25) is 4.79 Å². The quantitative estimate of drug-likeness (QED) is 0.700. The summed E-state index contributed by atoms with van der Waals surface area (Å²) >= 11 is 5.99.